The predicted octanol–water partition coefficient (Wildman–Crippen LogP) is 3.56. The highest BCUT2D eigenvalue weighted by atomic mass is 16.6. The highest BCUT2D eigenvalue weighted by Gasteiger charge is 2.46. The second-order valence-electron chi connectivity index (χ2n) is 7.31. The van der Waals surface area contributed by atoms with Crippen LogP contribution >= 0.6 is 0 Å². The monoisotopic (exact) mass is 324 g/mol. The number of rotatable bonds is 2. The average Bonchev–Trinajstić information content (AvgIpc) is 2.82. The topological polar surface area (TPSA) is 32.8 Å². The van der Waals surface area contributed by atoms with E-state index in [9.17, 15) is 4.79 Å². The van der Waals surface area contributed by atoms with Gasteiger partial charge in [-0.2, -0.15) is 0 Å². The van der Waals surface area contributed by atoms with E-state index >= 15 is 0 Å². The van der Waals surface area contributed by atoms with Crippen molar-refractivity contribution in [2.75, 3.05) is 26.7 Å². The van der Waals surface area contributed by atoms with Gasteiger partial charge in [0, 0.05) is 20.1 Å². The first-order chi connectivity index (χ1) is 11.6. The molecule has 1 amide bonds. The van der Waals surface area contributed by atoms with E-state index in [0.29, 0.717) is 6.54 Å². The van der Waals surface area contributed by atoms with Gasteiger partial charge in [0.15, 0.2) is 0 Å². The molecule has 2 fully saturated rings. The number of aryl methyl sites for hydroxylation is 1. The summed E-state index contributed by atoms with van der Waals surface area (Å²) in [5.41, 5.74) is 2.35. The van der Waals surface area contributed by atoms with E-state index in [2.05, 4.69) is 48.2 Å². The molecule has 4 nitrogen and oxygen atoms in total. The lowest BCUT2D eigenvalue weighted by Crippen LogP contribution is -2.50. The van der Waals surface area contributed by atoms with E-state index in [0.717, 1.165) is 32.5 Å². The number of hydrogen-bond acceptors (Lipinski definition) is 3. The molecule has 2 saturated heterocycles. The fourth-order valence-electron chi connectivity index (χ4n) is 4.24. The van der Waals surface area contributed by atoms with Gasteiger partial charge in [0.05, 0.1) is 6.54 Å². The van der Waals surface area contributed by atoms with Crippen LogP contribution in [0, 0.1) is 6.92 Å². The maximum absolute atomic E-state index is 11.8. The van der Waals surface area contributed by atoms with Gasteiger partial charge in [-0.15, -0.1) is 0 Å². The molecule has 4 heteroatoms. The van der Waals surface area contributed by atoms with Crippen molar-refractivity contribution in [1.29, 1.82) is 0 Å². The number of amides is 1. The fraction of sp³-hybridized carbons (Fsp3) is 0.450. The molecule has 24 heavy (non-hydrogen) atoms. The Morgan fingerprint density at radius 2 is 1.92 bits per heavy atom. The largest absolute Gasteiger partial charge is 0.440 e. The van der Waals surface area contributed by atoms with Crippen LogP contribution in [0.5, 0.6) is 0 Å². The van der Waals surface area contributed by atoms with Gasteiger partial charge in [-0.25, -0.2) is 4.79 Å². The number of fused-ring (bicyclic) bond motifs is 1. The summed E-state index contributed by atoms with van der Waals surface area (Å²) in [5.74, 6) is 0. The first-order valence-corrected chi connectivity index (χ1v) is 8.70. The zero-order valence-corrected chi connectivity index (χ0v) is 14.4. The fourth-order valence-corrected chi connectivity index (χ4v) is 4.24. The summed E-state index contributed by atoms with van der Waals surface area (Å²) in [6.45, 7) is 5.66. The maximum atomic E-state index is 11.8. The third kappa shape index (κ3) is 2.65. The molecule has 0 aliphatic carbocycles. The van der Waals surface area contributed by atoms with Crippen LogP contribution in [0.1, 0.15) is 24.0 Å². The minimum Gasteiger partial charge on any atom is -0.440 e. The molecule has 0 radical (unpaired) electrons. The van der Waals surface area contributed by atoms with Crippen molar-refractivity contribution in [2.24, 2.45) is 0 Å². The van der Waals surface area contributed by atoms with Crippen LogP contribution < -0.4 is 0 Å². The number of likely N-dealkylation sites (tertiary alicyclic amines) is 1. The summed E-state index contributed by atoms with van der Waals surface area (Å²) in [6, 6.07) is 13.1. The van der Waals surface area contributed by atoms with Crippen LogP contribution in [0.4, 0.5) is 4.79 Å². The van der Waals surface area contributed by atoms with Gasteiger partial charge < -0.3 is 9.64 Å². The molecule has 0 aromatic heterocycles. The van der Waals surface area contributed by atoms with E-state index in [1.807, 2.05) is 7.05 Å². The Hall–Kier alpha value is -2.07. The van der Waals surface area contributed by atoms with Crippen LogP contribution in [0.2, 0.25) is 0 Å². The maximum Gasteiger partial charge on any atom is 0.410 e. The number of carbonyl (C=O) groups excluding carboxylic acids is 1. The molecule has 2 aromatic carbocycles. The summed E-state index contributed by atoms with van der Waals surface area (Å²) in [7, 11) is 1.82. The molecule has 2 aromatic rings. The summed E-state index contributed by atoms with van der Waals surface area (Å²) < 4.78 is 5.72. The second-order valence-corrected chi connectivity index (χ2v) is 7.31. The summed E-state index contributed by atoms with van der Waals surface area (Å²) in [6.07, 6.45) is 1.86. The average molecular weight is 324 g/mol. The van der Waals surface area contributed by atoms with Gasteiger partial charge in [0.25, 0.3) is 0 Å². The van der Waals surface area contributed by atoms with E-state index in [4.69, 9.17) is 4.74 Å². The first kappa shape index (κ1) is 15.5. The van der Waals surface area contributed by atoms with Crippen molar-refractivity contribution >= 4 is 16.9 Å². The standard InChI is InChI=1S/C20H24N2O2/c1-15-6-3-9-18-16(7-4-8-17(15)18)12-22-11-5-10-20(14-22)13-21(2)19(23)24-20/h3-4,6-9H,5,10-14H2,1-2H3/t20-/m0/s1. The minimum atomic E-state index is -0.315. The lowest BCUT2D eigenvalue weighted by atomic mass is 9.92. The zero-order valence-electron chi connectivity index (χ0n) is 14.4. The molecule has 1 atom stereocenters. The second kappa shape index (κ2) is 5.78. The Labute approximate surface area is 143 Å². The number of ether oxygens (including phenoxy) is 1. The third-order valence-electron chi connectivity index (χ3n) is 5.38. The normalized spacial score (nSPS) is 24.8. The van der Waals surface area contributed by atoms with Crippen molar-refractivity contribution in [3.05, 3.63) is 47.5 Å². The Morgan fingerprint density at radius 1 is 1.12 bits per heavy atom. The van der Waals surface area contributed by atoms with Crippen molar-refractivity contribution < 1.29 is 9.53 Å². The molecule has 126 valence electrons. The Balaban J connectivity index is 1.58. The van der Waals surface area contributed by atoms with Gasteiger partial charge in [-0.3, -0.25) is 4.90 Å². The summed E-state index contributed by atoms with van der Waals surface area (Å²) in [4.78, 5) is 15.9. The predicted molar refractivity (Wildman–Crippen MR) is 95.0 cm³/mol. The molecule has 0 N–H and O–H groups in total. The molecule has 2 aliphatic rings. The van der Waals surface area contributed by atoms with Crippen molar-refractivity contribution in [2.45, 2.75) is 31.9 Å². The van der Waals surface area contributed by atoms with E-state index in [1.165, 1.54) is 21.9 Å². The van der Waals surface area contributed by atoms with Crippen molar-refractivity contribution in [3.8, 4) is 0 Å². The zero-order chi connectivity index (χ0) is 16.7. The Kier molecular flexibility index (Phi) is 3.72. The number of piperidine rings is 1. The summed E-state index contributed by atoms with van der Waals surface area (Å²) in [5, 5.41) is 2.66. The first-order valence-electron chi connectivity index (χ1n) is 8.70. The van der Waals surface area contributed by atoms with E-state index in [1.54, 1.807) is 4.90 Å². The van der Waals surface area contributed by atoms with E-state index in [-0.39, 0.29) is 11.7 Å². The molecular formula is C20H24N2O2. The van der Waals surface area contributed by atoms with Crippen molar-refractivity contribution in [3.63, 3.8) is 0 Å². The van der Waals surface area contributed by atoms with Crippen LogP contribution in [0.3, 0.4) is 0 Å². The Bertz CT molecular complexity index is 788. The summed E-state index contributed by atoms with van der Waals surface area (Å²) >= 11 is 0. The van der Waals surface area contributed by atoms with Crippen LogP contribution in [-0.2, 0) is 11.3 Å². The van der Waals surface area contributed by atoms with Gasteiger partial charge >= 0.3 is 6.09 Å². The van der Waals surface area contributed by atoms with Crippen LogP contribution in [0.15, 0.2) is 36.4 Å². The number of benzene rings is 2. The highest BCUT2D eigenvalue weighted by Crippen LogP contribution is 2.32. The van der Waals surface area contributed by atoms with Crippen LogP contribution in [-0.4, -0.2) is 48.2 Å². The molecule has 1 spiro atoms. The smallest absolute Gasteiger partial charge is 0.410 e. The number of likely N-dealkylation sites (N-methyl/N-ethyl adjacent to an activating group) is 1. The molecule has 0 saturated carbocycles. The lowest BCUT2D eigenvalue weighted by molar-refractivity contribution is -0.0112. The van der Waals surface area contributed by atoms with Gasteiger partial charge in [-0.05, 0) is 48.2 Å². The molecular weight excluding hydrogens is 300 g/mol. The third-order valence-corrected chi connectivity index (χ3v) is 5.38. The minimum absolute atomic E-state index is 0.183. The lowest BCUT2D eigenvalue weighted by Gasteiger charge is -2.38. The van der Waals surface area contributed by atoms with Gasteiger partial charge in [-0.1, -0.05) is 36.4 Å². The molecule has 4 rings (SSSR count). The molecule has 0 unspecified atom stereocenters. The van der Waals surface area contributed by atoms with Gasteiger partial charge in [0.1, 0.15) is 5.60 Å². The Morgan fingerprint density at radius 3 is 2.71 bits per heavy atom. The molecule has 0 bridgehead atoms. The SMILES string of the molecule is Cc1cccc2c(CN3CCC[C@@]4(C3)CN(C)C(=O)O4)cccc12. The molecule has 2 heterocycles. The molecule has 2 aliphatic heterocycles. The highest BCUT2D eigenvalue weighted by molar-refractivity contribution is 5.88. The quantitative estimate of drug-likeness (QED) is 0.847. The number of hydrogen-bond donors (Lipinski definition) is 0. The van der Waals surface area contributed by atoms with Gasteiger partial charge in [0.2, 0.25) is 0 Å². The van der Waals surface area contributed by atoms with Crippen LogP contribution in [0.25, 0.3) is 10.8 Å². The number of carbonyl (C=O) groups is 1. The number of nitrogens with zero attached hydrogens (tertiary/aromatic N) is 2. The van der Waals surface area contributed by atoms with Crippen molar-refractivity contribution in [1.82, 2.24) is 9.80 Å². The van der Waals surface area contributed by atoms with E-state index < -0.39 is 0 Å².